The standard InChI is InChI=1S/C23H25N3O3S/c1-29-21-5-3-4-20-17(10-13-24-22(20)21)14-26-16-25(15-23(26)11-12-23)18-6-8-19(9-7-18)30(2,27)28/h3-10,13H,11-12,14-16H2,1-2H3. The third-order valence-electron chi connectivity index (χ3n) is 6.36. The molecule has 2 aromatic carbocycles. The van der Waals surface area contributed by atoms with Gasteiger partial charge in [-0.05, 0) is 54.8 Å². The molecule has 0 N–H and O–H groups in total. The third kappa shape index (κ3) is 3.32. The highest BCUT2D eigenvalue weighted by Gasteiger charge is 2.53. The molecule has 2 fully saturated rings. The fraction of sp³-hybridized carbons (Fsp3) is 0.348. The van der Waals surface area contributed by atoms with Crippen molar-refractivity contribution in [3.8, 4) is 5.75 Å². The van der Waals surface area contributed by atoms with Crippen LogP contribution in [-0.2, 0) is 16.4 Å². The number of anilines is 1. The highest BCUT2D eigenvalue weighted by atomic mass is 32.2. The topological polar surface area (TPSA) is 62.7 Å². The molecule has 156 valence electrons. The van der Waals surface area contributed by atoms with Crippen molar-refractivity contribution in [2.24, 2.45) is 0 Å². The summed E-state index contributed by atoms with van der Waals surface area (Å²) in [5, 5.41) is 1.13. The molecule has 0 atom stereocenters. The maximum absolute atomic E-state index is 11.8. The molecule has 2 heterocycles. The van der Waals surface area contributed by atoms with Crippen LogP contribution in [0, 0.1) is 0 Å². The molecule has 1 aliphatic carbocycles. The molecule has 7 heteroatoms. The van der Waals surface area contributed by atoms with Crippen molar-refractivity contribution in [2.75, 3.05) is 31.5 Å². The van der Waals surface area contributed by atoms with Gasteiger partial charge in [0, 0.05) is 42.2 Å². The summed E-state index contributed by atoms with van der Waals surface area (Å²) < 4.78 is 29.0. The molecule has 5 rings (SSSR count). The second-order valence-electron chi connectivity index (χ2n) is 8.35. The SMILES string of the molecule is COc1cccc2c(CN3CN(c4ccc(S(C)(=O)=O)cc4)CC34CC4)ccnc12. The Bertz CT molecular complexity index is 1200. The molecule has 0 bridgehead atoms. The van der Waals surface area contributed by atoms with Crippen molar-refractivity contribution in [1.29, 1.82) is 0 Å². The monoisotopic (exact) mass is 423 g/mol. The zero-order valence-electron chi connectivity index (χ0n) is 17.2. The van der Waals surface area contributed by atoms with Gasteiger partial charge >= 0.3 is 0 Å². The first-order valence-corrected chi connectivity index (χ1v) is 12.0. The number of sulfone groups is 1. The molecule has 6 nitrogen and oxygen atoms in total. The van der Waals surface area contributed by atoms with E-state index >= 15 is 0 Å². The van der Waals surface area contributed by atoms with Gasteiger partial charge in [0.15, 0.2) is 9.84 Å². The zero-order chi connectivity index (χ0) is 20.9. The van der Waals surface area contributed by atoms with Crippen molar-refractivity contribution >= 4 is 26.4 Å². The largest absolute Gasteiger partial charge is 0.494 e. The van der Waals surface area contributed by atoms with Crippen LogP contribution in [0.25, 0.3) is 10.9 Å². The van der Waals surface area contributed by atoms with E-state index in [4.69, 9.17) is 4.74 Å². The average molecular weight is 424 g/mol. The maximum Gasteiger partial charge on any atom is 0.175 e. The number of nitrogens with zero attached hydrogens (tertiary/aromatic N) is 3. The van der Waals surface area contributed by atoms with Crippen LogP contribution >= 0.6 is 0 Å². The van der Waals surface area contributed by atoms with E-state index in [0.29, 0.717) is 4.90 Å². The van der Waals surface area contributed by atoms with Gasteiger partial charge in [-0.3, -0.25) is 9.88 Å². The molecule has 0 amide bonds. The van der Waals surface area contributed by atoms with Gasteiger partial charge in [-0.1, -0.05) is 12.1 Å². The summed E-state index contributed by atoms with van der Waals surface area (Å²) in [5.74, 6) is 0.796. The predicted octanol–water partition coefficient (Wildman–Crippen LogP) is 3.46. The molecule has 1 spiro atoms. The van der Waals surface area contributed by atoms with Gasteiger partial charge < -0.3 is 9.64 Å². The van der Waals surface area contributed by atoms with Crippen molar-refractivity contribution in [3.05, 3.63) is 60.3 Å². The highest BCUT2D eigenvalue weighted by Crippen LogP contribution is 2.48. The first-order valence-electron chi connectivity index (χ1n) is 10.1. The summed E-state index contributed by atoms with van der Waals surface area (Å²) >= 11 is 0. The minimum absolute atomic E-state index is 0.212. The minimum atomic E-state index is -3.18. The second kappa shape index (κ2) is 6.96. The molecule has 1 aliphatic heterocycles. The number of fused-ring (bicyclic) bond motifs is 1. The Labute approximate surface area is 177 Å². The third-order valence-corrected chi connectivity index (χ3v) is 7.49. The Morgan fingerprint density at radius 3 is 2.53 bits per heavy atom. The number of ether oxygens (including phenoxy) is 1. The molecule has 30 heavy (non-hydrogen) atoms. The van der Waals surface area contributed by atoms with Crippen LogP contribution in [0.4, 0.5) is 5.69 Å². The fourth-order valence-electron chi connectivity index (χ4n) is 4.49. The quantitative estimate of drug-likeness (QED) is 0.626. The lowest BCUT2D eigenvalue weighted by Gasteiger charge is -2.23. The van der Waals surface area contributed by atoms with Crippen molar-refractivity contribution in [3.63, 3.8) is 0 Å². The van der Waals surface area contributed by atoms with Gasteiger partial charge in [-0.25, -0.2) is 8.42 Å². The number of para-hydroxylation sites is 1. The number of benzene rings is 2. The predicted molar refractivity (Wildman–Crippen MR) is 118 cm³/mol. The van der Waals surface area contributed by atoms with E-state index in [0.717, 1.165) is 42.1 Å². The van der Waals surface area contributed by atoms with Crippen LogP contribution in [0.3, 0.4) is 0 Å². The van der Waals surface area contributed by atoms with Gasteiger partial charge in [0.25, 0.3) is 0 Å². The fourth-order valence-corrected chi connectivity index (χ4v) is 5.12. The van der Waals surface area contributed by atoms with E-state index in [-0.39, 0.29) is 5.54 Å². The molecular weight excluding hydrogens is 398 g/mol. The lowest BCUT2D eigenvalue weighted by Crippen LogP contribution is -2.32. The molecule has 2 aliphatic rings. The van der Waals surface area contributed by atoms with Crippen LogP contribution in [0.2, 0.25) is 0 Å². The normalized spacial score (nSPS) is 18.3. The molecule has 0 unspecified atom stereocenters. The lowest BCUT2D eigenvalue weighted by atomic mass is 10.1. The van der Waals surface area contributed by atoms with Gasteiger partial charge in [-0.2, -0.15) is 0 Å². The van der Waals surface area contributed by atoms with Crippen LogP contribution in [0.1, 0.15) is 18.4 Å². The Kier molecular flexibility index (Phi) is 4.48. The molecular formula is C23H25N3O3S. The first-order chi connectivity index (χ1) is 14.4. The summed E-state index contributed by atoms with van der Waals surface area (Å²) in [4.78, 5) is 9.79. The summed E-state index contributed by atoms with van der Waals surface area (Å²) in [6.07, 6.45) is 5.48. The van der Waals surface area contributed by atoms with E-state index < -0.39 is 9.84 Å². The second-order valence-corrected chi connectivity index (χ2v) is 10.4. The van der Waals surface area contributed by atoms with Crippen LogP contribution in [0.5, 0.6) is 5.75 Å². The van der Waals surface area contributed by atoms with Crippen LogP contribution < -0.4 is 9.64 Å². The number of hydrogen-bond donors (Lipinski definition) is 0. The zero-order valence-corrected chi connectivity index (χ0v) is 18.0. The van der Waals surface area contributed by atoms with Crippen molar-refractivity contribution in [2.45, 2.75) is 29.8 Å². The number of rotatable bonds is 5. The minimum Gasteiger partial charge on any atom is -0.494 e. The number of pyridine rings is 1. The van der Waals surface area contributed by atoms with Crippen LogP contribution in [-0.4, -0.2) is 50.4 Å². The van der Waals surface area contributed by atoms with E-state index in [1.54, 1.807) is 19.2 Å². The summed E-state index contributed by atoms with van der Waals surface area (Å²) in [6, 6.07) is 15.4. The van der Waals surface area contributed by atoms with E-state index in [1.165, 1.54) is 24.7 Å². The molecule has 3 aromatic rings. The lowest BCUT2D eigenvalue weighted by molar-refractivity contribution is 0.234. The van der Waals surface area contributed by atoms with Crippen molar-refractivity contribution < 1.29 is 13.2 Å². The Morgan fingerprint density at radius 1 is 1.10 bits per heavy atom. The molecule has 0 radical (unpaired) electrons. The van der Waals surface area contributed by atoms with Gasteiger partial charge in [-0.15, -0.1) is 0 Å². The number of aromatic nitrogens is 1. The number of methoxy groups -OCH3 is 1. The van der Waals surface area contributed by atoms with Crippen molar-refractivity contribution in [1.82, 2.24) is 9.88 Å². The Balaban J connectivity index is 1.41. The summed E-state index contributed by atoms with van der Waals surface area (Å²) in [7, 11) is -1.50. The number of hydrogen-bond acceptors (Lipinski definition) is 6. The molecule has 1 aromatic heterocycles. The van der Waals surface area contributed by atoms with E-state index in [1.807, 2.05) is 30.5 Å². The first kappa shape index (κ1) is 19.3. The smallest absolute Gasteiger partial charge is 0.175 e. The van der Waals surface area contributed by atoms with Crippen LogP contribution in [0.15, 0.2) is 59.6 Å². The highest BCUT2D eigenvalue weighted by molar-refractivity contribution is 7.90. The van der Waals surface area contributed by atoms with Gasteiger partial charge in [0.2, 0.25) is 0 Å². The summed E-state index contributed by atoms with van der Waals surface area (Å²) in [5.41, 5.74) is 3.43. The van der Waals surface area contributed by atoms with E-state index in [2.05, 4.69) is 26.9 Å². The summed E-state index contributed by atoms with van der Waals surface area (Å²) in [6.45, 7) is 2.65. The molecule has 1 saturated heterocycles. The maximum atomic E-state index is 11.8. The van der Waals surface area contributed by atoms with Gasteiger partial charge in [0.05, 0.1) is 18.7 Å². The van der Waals surface area contributed by atoms with E-state index in [9.17, 15) is 8.42 Å². The van der Waals surface area contributed by atoms with Gasteiger partial charge in [0.1, 0.15) is 11.3 Å². The molecule has 1 saturated carbocycles. The Hall–Kier alpha value is -2.64. The average Bonchev–Trinajstić information content (AvgIpc) is 3.43. The Morgan fingerprint density at radius 2 is 1.87 bits per heavy atom.